The van der Waals surface area contributed by atoms with Gasteiger partial charge in [0.25, 0.3) is 0 Å². The second-order valence-electron chi connectivity index (χ2n) is 2.67. The Bertz CT molecular complexity index is 166. The molecule has 1 amide bonds. The fourth-order valence-corrected chi connectivity index (χ4v) is 0.971. The van der Waals surface area contributed by atoms with Crippen molar-refractivity contribution in [2.24, 2.45) is 0 Å². The van der Waals surface area contributed by atoms with Crippen LogP contribution in [0.5, 0.6) is 0 Å². The molecule has 0 rings (SSSR count). The number of amides is 1. The topological polar surface area (TPSA) is 38.3 Å². The van der Waals surface area contributed by atoms with Crippen LogP contribution in [0.15, 0.2) is 12.2 Å². The SMILES string of the molecule is C/C=C/CNC(=O)C(CC)OCC. The van der Waals surface area contributed by atoms with Gasteiger partial charge in [0.15, 0.2) is 0 Å². The van der Waals surface area contributed by atoms with E-state index in [0.29, 0.717) is 13.2 Å². The van der Waals surface area contributed by atoms with Gasteiger partial charge in [-0.25, -0.2) is 0 Å². The van der Waals surface area contributed by atoms with Gasteiger partial charge in [-0.1, -0.05) is 19.1 Å². The highest BCUT2D eigenvalue weighted by Crippen LogP contribution is 1.97. The lowest BCUT2D eigenvalue weighted by Crippen LogP contribution is -2.36. The first kappa shape index (κ1) is 12.2. The van der Waals surface area contributed by atoms with Crippen LogP contribution in [0, 0.1) is 0 Å². The Hall–Kier alpha value is -0.830. The molecule has 0 heterocycles. The summed E-state index contributed by atoms with van der Waals surface area (Å²) in [5.41, 5.74) is 0. The van der Waals surface area contributed by atoms with Crippen molar-refractivity contribution in [3.63, 3.8) is 0 Å². The smallest absolute Gasteiger partial charge is 0.249 e. The molecule has 0 aromatic rings. The molecule has 13 heavy (non-hydrogen) atoms. The monoisotopic (exact) mass is 185 g/mol. The maximum absolute atomic E-state index is 11.4. The molecule has 0 spiro atoms. The maximum Gasteiger partial charge on any atom is 0.249 e. The summed E-state index contributed by atoms with van der Waals surface area (Å²) >= 11 is 0. The number of hydrogen-bond acceptors (Lipinski definition) is 2. The lowest BCUT2D eigenvalue weighted by molar-refractivity contribution is -0.132. The number of allylic oxidation sites excluding steroid dienone is 1. The Labute approximate surface area is 80.2 Å². The van der Waals surface area contributed by atoms with E-state index in [9.17, 15) is 4.79 Å². The van der Waals surface area contributed by atoms with E-state index in [4.69, 9.17) is 4.74 Å². The average Bonchev–Trinajstić information content (AvgIpc) is 2.14. The first-order chi connectivity index (χ1) is 6.26. The van der Waals surface area contributed by atoms with Gasteiger partial charge in [-0.05, 0) is 20.3 Å². The number of carbonyl (C=O) groups excluding carboxylic acids is 1. The normalized spacial score (nSPS) is 13.2. The van der Waals surface area contributed by atoms with Crippen LogP contribution in [0.4, 0.5) is 0 Å². The Morgan fingerprint density at radius 3 is 2.69 bits per heavy atom. The van der Waals surface area contributed by atoms with Crippen molar-refractivity contribution in [1.82, 2.24) is 5.32 Å². The van der Waals surface area contributed by atoms with Crippen molar-refractivity contribution in [3.05, 3.63) is 12.2 Å². The second kappa shape index (κ2) is 7.80. The highest BCUT2D eigenvalue weighted by atomic mass is 16.5. The molecular formula is C10H19NO2. The molecule has 0 aliphatic carbocycles. The summed E-state index contributed by atoms with van der Waals surface area (Å²) in [5.74, 6) is -0.0255. The summed E-state index contributed by atoms with van der Waals surface area (Å²) in [7, 11) is 0. The Balaban J connectivity index is 3.77. The van der Waals surface area contributed by atoms with E-state index in [2.05, 4.69) is 5.32 Å². The molecule has 0 saturated heterocycles. The van der Waals surface area contributed by atoms with E-state index < -0.39 is 0 Å². The van der Waals surface area contributed by atoms with E-state index in [1.807, 2.05) is 32.9 Å². The number of nitrogens with one attached hydrogen (secondary N) is 1. The molecule has 0 aliphatic heterocycles. The van der Waals surface area contributed by atoms with Crippen molar-refractivity contribution in [1.29, 1.82) is 0 Å². The van der Waals surface area contributed by atoms with E-state index in [0.717, 1.165) is 6.42 Å². The van der Waals surface area contributed by atoms with Gasteiger partial charge in [0, 0.05) is 13.2 Å². The summed E-state index contributed by atoms with van der Waals surface area (Å²) in [6.45, 7) is 6.91. The van der Waals surface area contributed by atoms with Crippen molar-refractivity contribution >= 4 is 5.91 Å². The highest BCUT2D eigenvalue weighted by Gasteiger charge is 2.14. The molecular weight excluding hydrogens is 166 g/mol. The van der Waals surface area contributed by atoms with Crippen molar-refractivity contribution < 1.29 is 9.53 Å². The third-order valence-corrected chi connectivity index (χ3v) is 1.66. The van der Waals surface area contributed by atoms with Gasteiger partial charge in [-0.15, -0.1) is 0 Å². The van der Waals surface area contributed by atoms with Crippen LogP contribution >= 0.6 is 0 Å². The fourth-order valence-electron chi connectivity index (χ4n) is 0.971. The Morgan fingerprint density at radius 1 is 1.54 bits per heavy atom. The first-order valence-corrected chi connectivity index (χ1v) is 4.76. The van der Waals surface area contributed by atoms with Gasteiger partial charge in [-0.2, -0.15) is 0 Å². The van der Waals surface area contributed by atoms with Crippen LogP contribution in [0.25, 0.3) is 0 Å². The van der Waals surface area contributed by atoms with Crippen LogP contribution in [-0.4, -0.2) is 25.2 Å². The van der Waals surface area contributed by atoms with Crippen molar-refractivity contribution in [2.45, 2.75) is 33.3 Å². The minimum Gasteiger partial charge on any atom is -0.369 e. The van der Waals surface area contributed by atoms with Crippen LogP contribution in [0.2, 0.25) is 0 Å². The molecule has 1 N–H and O–H groups in total. The van der Waals surface area contributed by atoms with Gasteiger partial charge < -0.3 is 10.1 Å². The third kappa shape index (κ3) is 5.42. The molecule has 0 saturated carbocycles. The largest absolute Gasteiger partial charge is 0.369 e. The number of hydrogen-bond donors (Lipinski definition) is 1. The van der Waals surface area contributed by atoms with Gasteiger partial charge in [0.1, 0.15) is 6.10 Å². The van der Waals surface area contributed by atoms with Gasteiger partial charge in [0.05, 0.1) is 0 Å². The van der Waals surface area contributed by atoms with E-state index >= 15 is 0 Å². The number of ether oxygens (including phenoxy) is 1. The van der Waals surface area contributed by atoms with Gasteiger partial charge >= 0.3 is 0 Å². The Morgan fingerprint density at radius 2 is 2.23 bits per heavy atom. The zero-order valence-electron chi connectivity index (χ0n) is 8.67. The van der Waals surface area contributed by atoms with Crippen LogP contribution in [0.3, 0.4) is 0 Å². The van der Waals surface area contributed by atoms with Gasteiger partial charge in [-0.3, -0.25) is 4.79 Å². The molecule has 0 aromatic carbocycles. The molecule has 0 aromatic heterocycles. The quantitative estimate of drug-likeness (QED) is 0.637. The molecule has 0 fully saturated rings. The maximum atomic E-state index is 11.4. The van der Waals surface area contributed by atoms with Crippen LogP contribution in [0.1, 0.15) is 27.2 Å². The Kier molecular flexibility index (Phi) is 7.30. The zero-order valence-corrected chi connectivity index (χ0v) is 8.67. The number of carbonyl (C=O) groups is 1. The van der Waals surface area contributed by atoms with Gasteiger partial charge in [0.2, 0.25) is 5.91 Å². The molecule has 0 radical (unpaired) electrons. The minimum atomic E-state index is -0.296. The summed E-state index contributed by atoms with van der Waals surface area (Å²) in [5, 5.41) is 2.77. The average molecular weight is 185 g/mol. The third-order valence-electron chi connectivity index (χ3n) is 1.66. The standard InChI is InChI=1S/C10H19NO2/c1-4-7-8-11-10(12)9(5-2)13-6-3/h4,7,9H,5-6,8H2,1-3H3,(H,11,12)/b7-4+. The van der Waals surface area contributed by atoms with E-state index in [1.165, 1.54) is 0 Å². The van der Waals surface area contributed by atoms with E-state index in [1.54, 1.807) is 0 Å². The molecule has 0 aliphatic rings. The van der Waals surface area contributed by atoms with Crippen LogP contribution < -0.4 is 5.32 Å². The predicted octanol–water partition coefficient (Wildman–Crippen LogP) is 1.49. The van der Waals surface area contributed by atoms with E-state index in [-0.39, 0.29) is 12.0 Å². The zero-order chi connectivity index (χ0) is 10.1. The molecule has 3 heteroatoms. The predicted molar refractivity (Wildman–Crippen MR) is 53.5 cm³/mol. The number of rotatable bonds is 6. The minimum absolute atomic E-state index is 0.0255. The molecule has 3 nitrogen and oxygen atoms in total. The van der Waals surface area contributed by atoms with Crippen LogP contribution in [-0.2, 0) is 9.53 Å². The molecule has 76 valence electrons. The molecule has 1 atom stereocenters. The molecule has 0 bridgehead atoms. The van der Waals surface area contributed by atoms with Crippen molar-refractivity contribution in [3.8, 4) is 0 Å². The first-order valence-electron chi connectivity index (χ1n) is 4.76. The summed E-state index contributed by atoms with van der Waals surface area (Å²) in [6, 6.07) is 0. The lowest BCUT2D eigenvalue weighted by atomic mass is 10.2. The highest BCUT2D eigenvalue weighted by molar-refractivity contribution is 5.80. The summed E-state index contributed by atoms with van der Waals surface area (Å²) in [6.07, 6.45) is 4.23. The summed E-state index contributed by atoms with van der Waals surface area (Å²) < 4.78 is 5.25. The second-order valence-corrected chi connectivity index (χ2v) is 2.67. The fraction of sp³-hybridized carbons (Fsp3) is 0.700. The lowest BCUT2D eigenvalue weighted by Gasteiger charge is -2.13. The summed E-state index contributed by atoms with van der Waals surface area (Å²) in [4.78, 5) is 11.4. The van der Waals surface area contributed by atoms with Crippen molar-refractivity contribution in [2.75, 3.05) is 13.2 Å². The molecule has 1 unspecified atom stereocenters.